The molecule has 1 aromatic rings. The highest BCUT2D eigenvalue weighted by atomic mass is 16.5. The number of hydrogen-bond acceptors (Lipinski definition) is 5. The summed E-state index contributed by atoms with van der Waals surface area (Å²) in [5.74, 6) is 0.953. The summed E-state index contributed by atoms with van der Waals surface area (Å²) >= 11 is 0. The molecule has 0 spiro atoms. The van der Waals surface area contributed by atoms with Crippen LogP contribution in [0.15, 0.2) is 18.2 Å². The molecule has 2 rings (SSSR count). The number of fused-ring (bicyclic) bond motifs is 1. The SMILES string of the molecule is CCOCCCNC(CC)C(=O)c1ccc2c(c1)NCCO2. The number of benzene rings is 1. The molecule has 0 bridgehead atoms. The molecule has 122 valence electrons. The highest BCUT2D eigenvalue weighted by Crippen LogP contribution is 2.28. The molecule has 1 aliphatic heterocycles. The van der Waals surface area contributed by atoms with Gasteiger partial charge in [-0.15, -0.1) is 0 Å². The normalized spacial score (nSPS) is 14.6. The second-order valence-electron chi connectivity index (χ2n) is 5.32. The van der Waals surface area contributed by atoms with Crippen LogP contribution in [0.5, 0.6) is 5.75 Å². The number of rotatable bonds is 9. The van der Waals surface area contributed by atoms with Crippen LogP contribution in [0, 0.1) is 0 Å². The molecule has 0 fully saturated rings. The zero-order chi connectivity index (χ0) is 15.8. The number of nitrogens with one attached hydrogen (secondary N) is 2. The largest absolute Gasteiger partial charge is 0.490 e. The van der Waals surface area contributed by atoms with E-state index in [4.69, 9.17) is 9.47 Å². The van der Waals surface area contributed by atoms with Crippen LogP contribution in [-0.4, -0.2) is 44.7 Å². The molecular weight excluding hydrogens is 280 g/mol. The third-order valence-corrected chi connectivity index (χ3v) is 3.72. The summed E-state index contributed by atoms with van der Waals surface area (Å²) in [4.78, 5) is 12.6. The van der Waals surface area contributed by atoms with Gasteiger partial charge < -0.3 is 20.1 Å². The zero-order valence-corrected chi connectivity index (χ0v) is 13.5. The summed E-state index contributed by atoms with van der Waals surface area (Å²) < 4.78 is 10.9. The Morgan fingerprint density at radius 2 is 2.32 bits per heavy atom. The molecule has 1 aliphatic rings. The van der Waals surface area contributed by atoms with Crippen molar-refractivity contribution in [2.24, 2.45) is 0 Å². The van der Waals surface area contributed by atoms with Gasteiger partial charge in [0.15, 0.2) is 5.78 Å². The van der Waals surface area contributed by atoms with Gasteiger partial charge in [-0.2, -0.15) is 0 Å². The van der Waals surface area contributed by atoms with Crippen molar-refractivity contribution >= 4 is 11.5 Å². The van der Waals surface area contributed by atoms with E-state index in [0.29, 0.717) is 6.61 Å². The quantitative estimate of drug-likeness (QED) is 0.542. The van der Waals surface area contributed by atoms with Gasteiger partial charge in [0.05, 0.1) is 11.7 Å². The average Bonchev–Trinajstić information content (AvgIpc) is 2.57. The summed E-state index contributed by atoms with van der Waals surface area (Å²) in [6.45, 7) is 7.71. The van der Waals surface area contributed by atoms with Crippen LogP contribution in [0.3, 0.4) is 0 Å². The van der Waals surface area contributed by atoms with Crippen molar-refractivity contribution in [3.05, 3.63) is 23.8 Å². The third kappa shape index (κ3) is 4.45. The van der Waals surface area contributed by atoms with Crippen molar-refractivity contribution in [1.82, 2.24) is 5.32 Å². The van der Waals surface area contributed by atoms with E-state index >= 15 is 0 Å². The minimum absolute atomic E-state index is 0.133. The number of ether oxygens (including phenoxy) is 2. The van der Waals surface area contributed by atoms with E-state index in [1.54, 1.807) is 0 Å². The van der Waals surface area contributed by atoms with Crippen LogP contribution in [0.1, 0.15) is 37.0 Å². The first-order valence-corrected chi connectivity index (χ1v) is 8.12. The van der Waals surface area contributed by atoms with Crippen molar-refractivity contribution in [3.63, 3.8) is 0 Å². The zero-order valence-electron chi connectivity index (χ0n) is 13.5. The number of ketones is 1. The van der Waals surface area contributed by atoms with Crippen molar-refractivity contribution in [1.29, 1.82) is 0 Å². The Morgan fingerprint density at radius 1 is 1.45 bits per heavy atom. The van der Waals surface area contributed by atoms with E-state index in [1.165, 1.54) is 0 Å². The Bertz CT molecular complexity index is 491. The monoisotopic (exact) mass is 306 g/mol. The Labute approximate surface area is 132 Å². The Balaban J connectivity index is 1.93. The van der Waals surface area contributed by atoms with Crippen LogP contribution in [-0.2, 0) is 4.74 Å². The van der Waals surface area contributed by atoms with Crippen LogP contribution >= 0.6 is 0 Å². The third-order valence-electron chi connectivity index (χ3n) is 3.72. The van der Waals surface area contributed by atoms with E-state index in [9.17, 15) is 4.79 Å². The smallest absolute Gasteiger partial charge is 0.179 e. The molecule has 1 atom stereocenters. The Morgan fingerprint density at radius 3 is 3.09 bits per heavy atom. The molecule has 0 amide bonds. The van der Waals surface area contributed by atoms with Crippen molar-refractivity contribution in [3.8, 4) is 5.75 Å². The fourth-order valence-electron chi connectivity index (χ4n) is 2.51. The summed E-state index contributed by atoms with van der Waals surface area (Å²) in [7, 11) is 0. The first-order valence-electron chi connectivity index (χ1n) is 8.12. The first kappa shape index (κ1) is 16.8. The van der Waals surface area contributed by atoms with Crippen LogP contribution in [0.2, 0.25) is 0 Å². The minimum Gasteiger partial charge on any atom is -0.490 e. The predicted octanol–water partition coefficient (Wildman–Crippen LogP) is 2.47. The lowest BCUT2D eigenvalue weighted by atomic mass is 10.0. The lowest BCUT2D eigenvalue weighted by molar-refractivity contribution is 0.0935. The van der Waals surface area contributed by atoms with Gasteiger partial charge >= 0.3 is 0 Å². The molecule has 0 saturated carbocycles. The van der Waals surface area contributed by atoms with Crippen molar-refractivity contribution in [2.75, 3.05) is 38.2 Å². The van der Waals surface area contributed by atoms with E-state index in [2.05, 4.69) is 10.6 Å². The van der Waals surface area contributed by atoms with Gasteiger partial charge in [0.1, 0.15) is 12.4 Å². The van der Waals surface area contributed by atoms with E-state index < -0.39 is 0 Å². The molecule has 0 radical (unpaired) electrons. The number of carbonyl (C=O) groups excluding carboxylic acids is 1. The topological polar surface area (TPSA) is 59.6 Å². The summed E-state index contributed by atoms with van der Waals surface area (Å²) in [5, 5.41) is 6.59. The van der Waals surface area contributed by atoms with Gasteiger partial charge in [-0.1, -0.05) is 6.92 Å². The summed E-state index contributed by atoms with van der Waals surface area (Å²) in [6, 6.07) is 5.46. The molecule has 0 aromatic heterocycles. The maximum atomic E-state index is 12.6. The van der Waals surface area contributed by atoms with Gasteiger partial charge in [-0.05, 0) is 44.5 Å². The van der Waals surface area contributed by atoms with Crippen molar-refractivity contribution < 1.29 is 14.3 Å². The van der Waals surface area contributed by atoms with Gasteiger partial charge in [-0.3, -0.25) is 4.79 Å². The van der Waals surface area contributed by atoms with E-state index in [-0.39, 0.29) is 11.8 Å². The molecule has 2 N–H and O–H groups in total. The lowest BCUT2D eigenvalue weighted by Gasteiger charge is -2.21. The Kier molecular flexibility index (Phi) is 6.68. The molecule has 0 aliphatic carbocycles. The molecule has 1 unspecified atom stereocenters. The van der Waals surface area contributed by atoms with Crippen LogP contribution in [0.25, 0.3) is 0 Å². The maximum absolute atomic E-state index is 12.6. The number of Topliss-reactive ketones (excluding diaryl/α,β-unsaturated/α-hetero) is 1. The molecule has 22 heavy (non-hydrogen) atoms. The van der Waals surface area contributed by atoms with Crippen molar-refractivity contribution in [2.45, 2.75) is 32.7 Å². The standard InChI is InChI=1S/C17H26N2O3/c1-3-14(18-8-5-10-21-4-2)17(20)13-6-7-16-15(12-13)19-9-11-22-16/h6-7,12,14,18-19H,3-5,8-11H2,1-2H3. The fourth-order valence-corrected chi connectivity index (χ4v) is 2.51. The highest BCUT2D eigenvalue weighted by molar-refractivity contribution is 6.01. The minimum atomic E-state index is -0.149. The lowest BCUT2D eigenvalue weighted by Crippen LogP contribution is -2.37. The van der Waals surface area contributed by atoms with Gasteiger partial charge in [0.25, 0.3) is 0 Å². The van der Waals surface area contributed by atoms with Gasteiger partial charge in [-0.25, -0.2) is 0 Å². The second-order valence-corrected chi connectivity index (χ2v) is 5.32. The van der Waals surface area contributed by atoms with Crippen LogP contribution in [0.4, 0.5) is 5.69 Å². The summed E-state index contributed by atoms with van der Waals surface area (Å²) in [6.07, 6.45) is 1.69. The first-order chi connectivity index (χ1) is 10.8. The summed E-state index contributed by atoms with van der Waals surface area (Å²) in [5.41, 5.74) is 1.63. The van der Waals surface area contributed by atoms with Gasteiger partial charge in [0, 0.05) is 25.3 Å². The average molecular weight is 306 g/mol. The van der Waals surface area contributed by atoms with Crippen LogP contribution < -0.4 is 15.4 Å². The molecule has 0 saturated heterocycles. The molecular formula is C17H26N2O3. The Hall–Kier alpha value is -1.59. The second kappa shape index (κ2) is 8.76. The maximum Gasteiger partial charge on any atom is 0.179 e. The van der Waals surface area contributed by atoms with Gasteiger partial charge in [0.2, 0.25) is 0 Å². The number of hydrogen-bond donors (Lipinski definition) is 2. The molecule has 1 heterocycles. The van der Waals surface area contributed by atoms with E-state index in [1.807, 2.05) is 32.0 Å². The molecule has 5 heteroatoms. The highest BCUT2D eigenvalue weighted by Gasteiger charge is 2.19. The predicted molar refractivity (Wildman–Crippen MR) is 87.9 cm³/mol. The number of carbonyl (C=O) groups is 1. The molecule has 5 nitrogen and oxygen atoms in total. The number of anilines is 1. The fraction of sp³-hybridized carbons (Fsp3) is 0.588. The van der Waals surface area contributed by atoms with E-state index in [0.717, 1.165) is 56.1 Å². The molecule has 1 aromatic carbocycles.